The van der Waals surface area contributed by atoms with E-state index in [9.17, 15) is 4.39 Å². The minimum atomic E-state index is -0.520. The van der Waals surface area contributed by atoms with Crippen molar-refractivity contribution in [1.82, 2.24) is 15.7 Å². The molecule has 1 aromatic rings. The van der Waals surface area contributed by atoms with E-state index >= 15 is 0 Å². The van der Waals surface area contributed by atoms with Crippen molar-refractivity contribution < 1.29 is 4.39 Å². The van der Waals surface area contributed by atoms with Crippen LogP contribution < -0.4 is 27.6 Å². The van der Waals surface area contributed by atoms with Crippen molar-refractivity contribution in [2.75, 3.05) is 11.1 Å². The van der Waals surface area contributed by atoms with E-state index in [2.05, 4.69) is 55.0 Å². The van der Waals surface area contributed by atoms with Crippen LogP contribution in [0.3, 0.4) is 0 Å². The van der Waals surface area contributed by atoms with Gasteiger partial charge in [0, 0.05) is 23.3 Å². The Morgan fingerprint density at radius 2 is 1.88 bits per heavy atom. The third kappa shape index (κ3) is 6.26. The van der Waals surface area contributed by atoms with Crippen molar-refractivity contribution >= 4 is 17.3 Å². The van der Waals surface area contributed by atoms with Gasteiger partial charge >= 0.3 is 0 Å². The van der Waals surface area contributed by atoms with Crippen molar-refractivity contribution in [1.29, 1.82) is 0 Å². The van der Waals surface area contributed by atoms with Crippen LogP contribution in [0.5, 0.6) is 0 Å². The van der Waals surface area contributed by atoms with E-state index in [0.29, 0.717) is 11.3 Å². The first kappa shape index (κ1) is 20.8. The van der Waals surface area contributed by atoms with Crippen LogP contribution in [0.15, 0.2) is 24.9 Å². The normalized spacial score (nSPS) is 13.7. The fraction of sp³-hybridized carbons (Fsp3) is 0.500. The van der Waals surface area contributed by atoms with E-state index in [1.807, 2.05) is 13.8 Å². The number of nitrogens with one attached hydrogen (secondary N) is 3. The maximum Gasteiger partial charge on any atom is 0.166 e. The van der Waals surface area contributed by atoms with Crippen LogP contribution in [0.4, 0.5) is 16.0 Å². The number of nitrogens with zero attached hydrogens (tertiary/aromatic N) is 1. The smallest absolute Gasteiger partial charge is 0.166 e. The average Bonchev–Trinajstić information content (AvgIpc) is 2.47. The first-order valence-electron chi connectivity index (χ1n) is 8.27. The molecule has 0 fully saturated rings. The summed E-state index contributed by atoms with van der Waals surface area (Å²) in [4.78, 5) is 4.09. The zero-order valence-corrected chi connectivity index (χ0v) is 15.8. The molecule has 0 aromatic carbocycles. The van der Waals surface area contributed by atoms with E-state index in [4.69, 9.17) is 11.6 Å². The van der Waals surface area contributed by atoms with Gasteiger partial charge in [0.25, 0.3) is 0 Å². The third-order valence-electron chi connectivity index (χ3n) is 3.79. The number of aromatic nitrogens is 1. The summed E-state index contributed by atoms with van der Waals surface area (Å²) in [5.74, 6) is 5.01. The van der Waals surface area contributed by atoms with Crippen LogP contribution >= 0.6 is 0 Å². The number of rotatable bonds is 8. The number of nitrogen functional groups attached to an aromatic ring is 1. The van der Waals surface area contributed by atoms with Gasteiger partial charge in [0.05, 0.1) is 5.70 Å². The highest BCUT2D eigenvalue weighted by Crippen LogP contribution is 2.24. The lowest BCUT2D eigenvalue weighted by Gasteiger charge is -2.28. The molecule has 0 aliphatic carbocycles. The number of halogens is 1. The maximum atomic E-state index is 14.3. The van der Waals surface area contributed by atoms with Gasteiger partial charge in [0.2, 0.25) is 0 Å². The Morgan fingerprint density at radius 3 is 2.40 bits per heavy atom. The van der Waals surface area contributed by atoms with E-state index in [-0.39, 0.29) is 29.1 Å². The van der Waals surface area contributed by atoms with Gasteiger partial charge < -0.3 is 21.8 Å². The minimum absolute atomic E-state index is 0.0256. The SMILES string of the molecule is C=C(CC(C)(C)C)NC(C)C(C)Nc1nc(N)c(C(=C)NN)cc1F. The molecule has 0 aliphatic heterocycles. The molecule has 7 N–H and O–H groups in total. The second kappa shape index (κ2) is 8.20. The zero-order chi connectivity index (χ0) is 19.4. The van der Waals surface area contributed by atoms with E-state index in [1.165, 1.54) is 6.07 Å². The molecule has 140 valence electrons. The lowest BCUT2D eigenvalue weighted by atomic mass is 9.90. The van der Waals surface area contributed by atoms with Crippen molar-refractivity contribution in [2.45, 2.75) is 53.1 Å². The van der Waals surface area contributed by atoms with Gasteiger partial charge in [0.15, 0.2) is 11.6 Å². The fourth-order valence-electron chi connectivity index (χ4n) is 2.40. The Kier molecular flexibility index (Phi) is 6.81. The molecule has 2 unspecified atom stereocenters. The Bertz CT molecular complexity index is 635. The highest BCUT2D eigenvalue weighted by atomic mass is 19.1. The topological polar surface area (TPSA) is 101 Å². The molecule has 1 aromatic heterocycles. The van der Waals surface area contributed by atoms with E-state index < -0.39 is 5.82 Å². The van der Waals surface area contributed by atoms with Gasteiger partial charge in [-0.1, -0.05) is 33.9 Å². The Morgan fingerprint density at radius 1 is 1.28 bits per heavy atom. The summed E-state index contributed by atoms with van der Waals surface area (Å²) >= 11 is 0. The van der Waals surface area contributed by atoms with Crippen molar-refractivity contribution in [3.63, 3.8) is 0 Å². The second-order valence-electron chi connectivity index (χ2n) is 7.58. The fourth-order valence-corrected chi connectivity index (χ4v) is 2.40. The predicted octanol–water partition coefficient (Wildman–Crippen LogP) is 2.97. The number of hydrazine groups is 1. The number of hydrogen-bond donors (Lipinski definition) is 5. The summed E-state index contributed by atoms with van der Waals surface area (Å²) in [6.45, 7) is 18.1. The first-order chi connectivity index (χ1) is 11.4. The van der Waals surface area contributed by atoms with Gasteiger partial charge in [-0.2, -0.15) is 0 Å². The lowest BCUT2D eigenvalue weighted by molar-refractivity contribution is 0.388. The number of anilines is 2. The molecule has 0 amide bonds. The molecule has 25 heavy (non-hydrogen) atoms. The predicted molar refractivity (Wildman–Crippen MR) is 104 cm³/mol. The molecular formula is C18H31FN6. The summed E-state index contributed by atoms with van der Waals surface area (Å²) in [6.07, 6.45) is 0.854. The van der Waals surface area contributed by atoms with Crippen LogP contribution in [0, 0.1) is 11.2 Å². The molecule has 1 rings (SSSR count). The number of allylic oxidation sites excluding steroid dienone is 1. The Hall–Kier alpha value is -2.28. The number of pyridine rings is 1. The molecule has 0 bridgehead atoms. The number of nitrogens with two attached hydrogens (primary N) is 2. The molecule has 7 heteroatoms. The quantitative estimate of drug-likeness (QED) is 0.365. The van der Waals surface area contributed by atoms with Crippen LogP contribution in [0.2, 0.25) is 0 Å². The largest absolute Gasteiger partial charge is 0.384 e. The van der Waals surface area contributed by atoms with E-state index in [1.54, 1.807) is 0 Å². The molecule has 1 heterocycles. The Labute approximate surface area is 149 Å². The molecule has 0 spiro atoms. The minimum Gasteiger partial charge on any atom is -0.384 e. The summed E-state index contributed by atoms with van der Waals surface area (Å²) in [7, 11) is 0. The molecule has 0 saturated heterocycles. The molecule has 0 saturated carbocycles. The summed E-state index contributed by atoms with van der Waals surface area (Å²) in [5.41, 5.74) is 9.95. The summed E-state index contributed by atoms with van der Waals surface area (Å²) < 4.78 is 14.3. The highest BCUT2D eigenvalue weighted by Gasteiger charge is 2.19. The summed E-state index contributed by atoms with van der Waals surface area (Å²) in [6, 6.07) is 1.19. The van der Waals surface area contributed by atoms with Gasteiger partial charge in [-0.05, 0) is 31.7 Å². The molecule has 6 nitrogen and oxygen atoms in total. The van der Waals surface area contributed by atoms with Crippen molar-refractivity contribution in [2.24, 2.45) is 11.3 Å². The van der Waals surface area contributed by atoms with Crippen LogP contribution in [0.25, 0.3) is 5.70 Å². The van der Waals surface area contributed by atoms with Crippen LogP contribution in [-0.4, -0.2) is 17.1 Å². The van der Waals surface area contributed by atoms with Crippen molar-refractivity contribution in [3.8, 4) is 0 Å². The van der Waals surface area contributed by atoms with Gasteiger partial charge in [-0.15, -0.1) is 0 Å². The highest BCUT2D eigenvalue weighted by molar-refractivity contribution is 5.71. The van der Waals surface area contributed by atoms with Gasteiger partial charge in [0.1, 0.15) is 5.82 Å². The van der Waals surface area contributed by atoms with Crippen LogP contribution in [-0.2, 0) is 0 Å². The molecule has 2 atom stereocenters. The lowest BCUT2D eigenvalue weighted by Crippen LogP contribution is -2.40. The van der Waals surface area contributed by atoms with Crippen molar-refractivity contribution in [3.05, 3.63) is 36.3 Å². The second-order valence-corrected chi connectivity index (χ2v) is 7.58. The number of hydrogen-bond acceptors (Lipinski definition) is 6. The molecular weight excluding hydrogens is 319 g/mol. The van der Waals surface area contributed by atoms with Crippen LogP contribution in [0.1, 0.15) is 46.6 Å². The molecule has 0 radical (unpaired) electrons. The Balaban J connectivity index is 2.79. The molecule has 0 aliphatic rings. The monoisotopic (exact) mass is 350 g/mol. The van der Waals surface area contributed by atoms with Gasteiger partial charge in [-0.3, -0.25) is 5.84 Å². The van der Waals surface area contributed by atoms with Gasteiger partial charge in [-0.25, -0.2) is 9.37 Å². The summed E-state index contributed by atoms with van der Waals surface area (Å²) in [5, 5.41) is 6.40. The van der Waals surface area contributed by atoms with E-state index in [0.717, 1.165) is 12.1 Å². The maximum absolute atomic E-state index is 14.3. The third-order valence-corrected chi connectivity index (χ3v) is 3.79. The first-order valence-corrected chi connectivity index (χ1v) is 8.27. The standard InChI is InChI=1S/C18H31FN6/c1-10(9-18(5,6)7)22-11(2)12(3)23-17-15(19)8-14(13(4)25-21)16(20)24-17/h8,11-12,22,25H,1,4,9,21H2,2-3,5-7H3,(H3,20,23,24). The average molecular weight is 350 g/mol. The zero-order valence-electron chi connectivity index (χ0n) is 15.8.